The molecular weight excluding hydrogens is 320 g/mol. The summed E-state index contributed by atoms with van der Waals surface area (Å²) in [6, 6.07) is 4.05. The summed E-state index contributed by atoms with van der Waals surface area (Å²) in [5.41, 5.74) is 0. The molecule has 0 bridgehead atoms. The summed E-state index contributed by atoms with van der Waals surface area (Å²) < 4.78 is 0. The normalized spacial score (nSPS) is 20.6. The summed E-state index contributed by atoms with van der Waals surface area (Å²) in [5, 5.41) is 9.26. The maximum absolute atomic E-state index is 11.5. The van der Waals surface area contributed by atoms with Crippen molar-refractivity contribution < 1.29 is 9.90 Å². The molecule has 3 rings (SSSR count). The number of nitrogens with zero attached hydrogens (tertiary/aromatic N) is 6. The Morgan fingerprint density at radius 3 is 2.40 bits per heavy atom. The minimum absolute atomic E-state index is 0.140. The van der Waals surface area contributed by atoms with E-state index in [0.717, 1.165) is 24.7 Å². The summed E-state index contributed by atoms with van der Waals surface area (Å²) in [7, 11) is 0. The molecule has 0 saturated carbocycles. The van der Waals surface area contributed by atoms with E-state index in [1.807, 2.05) is 12.1 Å². The third kappa shape index (κ3) is 3.58. The SMILES string of the molecule is CC(=O)c1nccc(N2CC(C)N(c3ccnc(CO)n3)C(C)C2)n1. The number of piperazine rings is 1. The Morgan fingerprint density at radius 1 is 1.12 bits per heavy atom. The first-order chi connectivity index (χ1) is 12.0. The molecule has 1 aliphatic rings. The summed E-state index contributed by atoms with van der Waals surface area (Å²) >= 11 is 0. The van der Waals surface area contributed by atoms with Crippen molar-refractivity contribution in [3.8, 4) is 0 Å². The summed E-state index contributed by atoms with van der Waals surface area (Å²) in [4.78, 5) is 32.8. The van der Waals surface area contributed by atoms with Crippen LogP contribution in [0.1, 0.15) is 37.2 Å². The second kappa shape index (κ2) is 7.10. The number of carbonyl (C=O) groups excluding carboxylic acids is 1. The van der Waals surface area contributed by atoms with E-state index in [-0.39, 0.29) is 30.3 Å². The lowest BCUT2D eigenvalue weighted by Crippen LogP contribution is -2.57. The minimum Gasteiger partial charge on any atom is -0.388 e. The van der Waals surface area contributed by atoms with Crippen molar-refractivity contribution in [2.24, 2.45) is 0 Å². The number of aromatic nitrogens is 4. The van der Waals surface area contributed by atoms with E-state index in [1.54, 1.807) is 12.4 Å². The lowest BCUT2D eigenvalue weighted by Gasteiger charge is -2.45. The van der Waals surface area contributed by atoms with Crippen LogP contribution in [0.5, 0.6) is 0 Å². The third-order valence-corrected chi connectivity index (χ3v) is 4.30. The Bertz CT molecular complexity index is 756. The number of ketones is 1. The second-order valence-corrected chi connectivity index (χ2v) is 6.29. The van der Waals surface area contributed by atoms with E-state index >= 15 is 0 Å². The topological polar surface area (TPSA) is 95.3 Å². The number of hydrogen-bond donors (Lipinski definition) is 1. The Labute approximate surface area is 146 Å². The molecule has 25 heavy (non-hydrogen) atoms. The average Bonchev–Trinajstić information content (AvgIpc) is 2.61. The van der Waals surface area contributed by atoms with Crippen LogP contribution in [0, 0.1) is 0 Å². The highest BCUT2D eigenvalue weighted by molar-refractivity contribution is 5.90. The van der Waals surface area contributed by atoms with Crippen LogP contribution in [-0.4, -0.2) is 56.0 Å². The molecule has 2 atom stereocenters. The van der Waals surface area contributed by atoms with Crippen molar-refractivity contribution in [1.29, 1.82) is 0 Å². The van der Waals surface area contributed by atoms with Gasteiger partial charge in [0.05, 0.1) is 0 Å². The Hall–Kier alpha value is -2.61. The molecular formula is C17H22N6O2. The lowest BCUT2D eigenvalue weighted by atomic mass is 10.1. The predicted octanol–water partition coefficient (Wildman–Crippen LogP) is 1.07. The molecule has 1 N–H and O–H groups in total. The number of anilines is 2. The van der Waals surface area contributed by atoms with Gasteiger partial charge in [-0.3, -0.25) is 4.79 Å². The quantitative estimate of drug-likeness (QED) is 0.824. The highest BCUT2D eigenvalue weighted by Crippen LogP contribution is 2.25. The van der Waals surface area contributed by atoms with Crippen molar-refractivity contribution in [1.82, 2.24) is 19.9 Å². The minimum atomic E-state index is -0.175. The van der Waals surface area contributed by atoms with Crippen LogP contribution in [0.4, 0.5) is 11.6 Å². The van der Waals surface area contributed by atoms with Crippen molar-refractivity contribution in [2.45, 2.75) is 39.5 Å². The molecule has 0 aromatic carbocycles. The van der Waals surface area contributed by atoms with Gasteiger partial charge in [0.25, 0.3) is 0 Å². The highest BCUT2D eigenvalue weighted by Gasteiger charge is 2.31. The molecule has 8 heteroatoms. The standard InChI is InChI=1S/C17H22N6O2/c1-11-8-22(15-4-7-19-17(21-15)13(3)25)9-12(2)23(11)16-5-6-18-14(10-24)20-16/h4-7,11-12,24H,8-10H2,1-3H3. The van der Waals surface area contributed by atoms with Gasteiger partial charge in [-0.1, -0.05) is 0 Å². The smallest absolute Gasteiger partial charge is 0.197 e. The van der Waals surface area contributed by atoms with Crippen molar-refractivity contribution in [3.63, 3.8) is 0 Å². The largest absolute Gasteiger partial charge is 0.388 e. The average molecular weight is 342 g/mol. The van der Waals surface area contributed by atoms with E-state index < -0.39 is 0 Å². The molecule has 0 aliphatic carbocycles. The summed E-state index contributed by atoms with van der Waals surface area (Å²) in [6.45, 7) is 7.03. The monoisotopic (exact) mass is 342 g/mol. The summed E-state index contributed by atoms with van der Waals surface area (Å²) in [5.74, 6) is 2.09. The number of aliphatic hydroxyl groups is 1. The van der Waals surface area contributed by atoms with Crippen LogP contribution in [0.25, 0.3) is 0 Å². The molecule has 0 radical (unpaired) electrons. The van der Waals surface area contributed by atoms with Gasteiger partial charge < -0.3 is 14.9 Å². The molecule has 1 fully saturated rings. The Kier molecular flexibility index (Phi) is 4.89. The van der Waals surface area contributed by atoms with Crippen LogP contribution in [0.3, 0.4) is 0 Å². The van der Waals surface area contributed by atoms with Gasteiger partial charge in [0.15, 0.2) is 17.4 Å². The van der Waals surface area contributed by atoms with E-state index in [0.29, 0.717) is 5.82 Å². The fourth-order valence-electron chi connectivity index (χ4n) is 3.26. The van der Waals surface area contributed by atoms with Crippen LogP contribution in [0.15, 0.2) is 24.5 Å². The van der Waals surface area contributed by atoms with Gasteiger partial charge in [0.2, 0.25) is 0 Å². The fourth-order valence-corrected chi connectivity index (χ4v) is 3.26. The Balaban J connectivity index is 1.82. The molecule has 8 nitrogen and oxygen atoms in total. The molecule has 132 valence electrons. The first kappa shape index (κ1) is 17.2. The molecule has 3 heterocycles. The van der Waals surface area contributed by atoms with Crippen LogP contribution >= 0.6 is 0 Å². The van der Waals surface area contributed by atoms with Crippen LogP contribution in [0.2, 0.25) is 0 Å². The summed E-state index contributed by atoms with van der Waals surface area (Å²) in [6.07, 6.45) is 3.29. The second-order valence-electron chi connectivity index (χ2n) is 6.29. The van der Waals surface area contributed by atoms with Crippen molar-refractivity contribution in [3.05, 3.63) is 36.2 Å². The number of carbonyl (C=O) groups is 1. The molecule has 2 unspecified atom stereocenters. The zero-order chi connectivity index (χ0) is 18.0. The highest BCUT2D eigenvalue weighted by atomic mass is 16.3. The first-order valence-corrected chi connectivity index (χ1v) is 8.29. The zero-order valence-electron chi connectivity index (χ0n) is 14.6. The number of aliphatic hydroxyl groups excluding tert-OH is 1. The maximum atomic E-state index is 11.5. The number of hydrogen-bond acceptors (Lipinski definition) is 8. The van der Waals surface area contributed by atoms with Crippen LogP contribution in [-0.2, 0) is 6.61 Å². The number of rotatable bonds is 4. The molecule has 1 aliphatic heterocycles. The molecule has 0 amide bonds. The zero-order valence-corrected chi connectivity index (χ0v) is 14.6. The van der Waals surface area contributed by atoms with E-state index in [1.165, 1.54) is 6.92 Å². The molecule has 1 saturated heterocycles. The van der Waals surface area contributed by atoms with E-state index in [9.17, 15) is 9.90 Å². The number of Topliss-reactive ketones (excluding diaryl/α,β-unsaturated/α-hetero) is 1. The van der Waals surface area contributed by atoms with Crippen molar-refractivity contribution in [2.75, 3.05) is 22.9 Å². The lowest BCUT2D eigenvalue weighted by molar-refractivity contribution is 0.100. The maximum Gasteiger partial charge on any atom is 0.197 e. The first-order valence-electron chi connectivity index (χ1n) is 8.29. The van der Waals surface area contributed by atoms with E-state index in [2.05, 4.69) is 43.6 Å². The molecule has 2 aromatic rings. The predicted molar refractivity (Wildman–Crippen MR) is 93.6 cm³/mol. The van der Waals surface area contributed by atoms with Crippen molar-refractivity contribution >= 4 is 17.4 Å². The van der Waals surface area contributed by atoms with E-state index in [4.69, 9.17) is 0 Å². The van der Waals surface area contributed by atoms with Gasteiger partial charge in [-0.05, 0) is 26.0 Å². The van der Waals surface area contributed by atoms with Gasteiger partial charge in [-0.15, -0.1) is 0 Å². The van der Waals surface area contributed by atoms with Gasteiger partial charge in [0, 0.05) is 44.5 Å². The third-order valence-electron chi connectivity index (χ3n) is 4.30. The Morgan fingerprint density at radius 2 is 1.76 bits per heavy atom. The molecule has 2 aromatic heterocycles. The van der Waals surface area contributed by atoms with Gasteiger partial charge in [0.1, 0.15) is 18.2 Å². The molecule has 0 spiro atoms. The van der Waals surface area contributed by atoms with Gasteiger partial charge in [-0.2, -0.15) is 0 Å². The van der Waals surface area contributed by atoms with Gasteiger partial charge >= 0.3 is 0 Å². The van der Waals surface area contributed by atoms with Gasteiger partial charge in [-0.25, -0.2) is 19.9 Å². The van der Waals surface area contributed by atoms with Crippen LogP contribution < -0.4 is 9.80 Å². The fraction of sp³-hybridized carbons (Fsp3) is 0.471.